The quantitative estimate of drug-likeness (QED) is 0.736. The lowest BCUT2D eigenvalue weighted by atomic mass is 9.89. The summed E-state index contributed by atoms with van der Waals surface area (Å²) in [5, 5.41) is 8.63. The van der Waals surface area contributed by atoms with Crippen LogP contribution in [0.3, 0.4) is 0 Å². The zero-order valence-corrected chi connectivity index (χ0v) is 9.74. The molecule has 1 aliphatic heterocycles. The van der Waals surface area contributed by atoms with E-state index in [9.17, 15) is 13.2 Å². The standard InChI is InChI=1S/C8H15NO5S/c1-8(2,3)4-6-5-9(7(10)11)15(12,13)14-6/h6H,4-5H2,1-3H3,(H,10,11)/t6-/m0/s1. The van der Waals surface area contributed by atoms with Crippen molar-refractivity contribution in [3.63, 3.8) is 0 Å². The van der Waals surface area contributed by atoms with Crippen LogP contribution in [-0.4, -0.2) is 36.6 Å². The fraction of sp³-hybridized carbons (Fsp3) is 0.875. The predicted molar refractivity (Wildman–Crippen MR) is 52.6 cm³/mol. The van der Waals surface area contributed by atoms with Gasteiger partial charge >= 0.3 is 16.4 Å². The van der Waals surface area contributed by atoms with Crippen LogP contribution in [0.5, 0.6) is 0 Å². The molecule has 1 atom stereocenters. The molecule has 0 bridgehead atoms. The van der Waals surface area contributed by atoms with Crippen molar-refractivity contribution in [3.05, 3.63) is 0 Å². The summed E-state index contributed by atoms with van der Waals surface area (Å²) in [5.41, 5.74) is -0.102. The van der Waals surface area contributed by atoms with Crippen molar-refractivity contribution in [2.75, 3.05) is 6.54 Å². The molecular weight excluding hydrogens is 222 g/mol. The van der Waals surface area contributed by atoms with E-state index in [4.69, 9.17) is 9.29 Å². The summed E-state index contributed by atoms with van der Waals surface area (Å²) in [4.78, 5) is 10.6. The summed E-state index contributed by atoms with van der Waals surface area (Å²) in [7, 11) is -4.07. The molecule has 1 amide bonds. The first kappa shape index (κ1) is 12.3. The van der Waals surface area contributed by atoms with Crippen LogP contribution >= 0.6 is 0 Å². The SMILES string of the molecule is CC(C)(C)C[C@H]1CN(C(=O)O)S(=O)(=O)O1. The molecule has 1 aliphatic rings. The molecule has 1 N–H and O–H groups in total. The van der Waals surface area contributed by atoms with E-state index in [1.54, 1.807) is 0 Å². The van der Waals surface area contributed by atoms with Gasteiger partial charge in [-0.25, -0.2) is 8.98 Å². The van der Waals surface area contributed by atoms with E-state index in [2.05, 4.69) is 0 Å². The van der Waals surface area contributed by atoms with Gasteiger partial charge in [0.2, 0.25) is 0 Å². The summed E-state index contributed by atoms with van der Waals surface area (Å²) in [6, 6.07) is 0. The van der Waals surface area contributed by atoms with Gasteiger partial charge in [0.05, 0.1) is 12.6 Å². The van der Waals surface area contributed by atoms with Gasteiger partial charge in [0, 0.05) is 0 Å². The number of hydrogen-bond donors (Lipinski definition) is 1. The third-order valence-corrected chi connectivity index (χ3v) is 3.31. The fourth-order valence-electron chi connectivity index (χ4n) is 1.49. The van der Waals surface area contributed by atoms with Gasteiger partial charge in [-0.1, -0.05) is 20.8 Å². The summed E-state index contributed by atoms with van der Waals surface area (Å²) in [5.74, 6) is 0. The third-order valence-electron chi connectivity index (χ3n) is 1.95. The maximum Gasteiger partial charge on any atom is 0.422 e. The van der Waals surface area contributed by atoms with Crippen molar-refractivity contribution < 1.29 is 22.5 Å². The normalized spacial score (nSPS) is 25.5. The molecule has 88 valence electrons. The highest BCUT2D eigenvalue weighted by molar-refractivity contribution is 7.85. The molecule has 7 heteroatoms. The molecule has 15 heavy (non-hydrogen) atoms. The Kier molecular flexibility index (Phi) is 2.97. The predicted octanol–water partition coefficient (Wildman–Crippen LogP) is 1.05. The van der Waals surface area contributed by atoms with Crippen molar-refractivity contribution in [2.24, 2.45) is 5.41 Å². The van der Waals surface area contributed by atoms with Gasteiger partial charge in [-0.15, -0.1) is 0 Å². The zero-order chi connectivity index (χ0) is 11.9. The topological polar surface area (TPSA) is 83.9 Å². The van der Waals surface area contributed by atoms with Crippen LogP contribution in [0.4, 0.5) is 4.79 Å². The molecule has 1 fully saturated rings. The molecule has 0 aromatic carbocycles. The lowest BCUT2D eigenvalue weighted by Gasteiger charge is -2.20. The van der Waals surface area contributed by atoms with Crippen LogP contribution in [0.2, 0.25) is 0 Å². The highest BCUT2D eigenvalue weighted by atomic mass is 32.2. The van der Waals surface area contributed by atoms with Crippen LogP contribution in [0.1, 0.15) is 27.2 Å². The largest absolute Gasteiger partial charge is 0.464 e. The fourth-order valence-corrected chi connectivity index (χ4v) is 2.60. The molecule has 1 rings (SSSR count). The zero-order valence-electron chi connectivity index (χ0n) is 8.93. The van der Waals surface area contributed by atoms with Crippen molar-refractivity contribution >= 4 is 16.4 Å². The van der Waals surface area contributed by atoms with Crippen molar-refractivity contribution in [3.8, 4) is 0 Å². The van der Waals surface area contributed by atoms with Gasteiger partial charge in [0.15, 0.2) is 0 Å². The molecule has 0 aliphatic carbocycles. The summed E-state index contributed by atoms with van der Waals surface area (Å²) in [6.45, 7) is 5.69. The monoisotopic (exact) mass is 237 g/mol. The highest BCUT2D eigenvalue weighted by Gasteiger charge is 2.41. The van der Waals surface area contributed by atoms with Crippen LogP contribution in [0, 0.1) is 5.41 Å². The number of nitrogens with zero attached hydrogens (tertiary/aromatic N) is 1. The van der Waals surface area contributed by atoms with E-state index in [1.807, 2.05) is 20.8 Å². The number of carboxylic acid groups (broad SMARTS) is 1. The lowest BCUT2D eigenvalue weighted by Crippen LogP contribution is -2.31. The molecule has 0 saturated carbocycles. The molecule has 1 heterocycles. The number of carbonyl (C=O) groups is 1. The molecule has 0 unspecified atom stereocenters. The summed E-state index contributed by atoms with van der Waals surface area (Å²) in [6.07, 6.45) is -1.58. The molecule has 0 radical (unpaired) electrons. The van der Waals surface area contributed by atoms with E-state index in [-0.39, 0.29) is 12.0 Å². The van der Waals surface area contributed by atoms with E-state index < -0.39 is 22.5 Å². The van der Waals surface area contributed by atoms with Crippen LogP contribution in [0.15, 0.2) is 0 Å². The Morgan fingerprint density at radius 2 is 2.07 bits per heavy atom. The van der Waals surface area contributed by atoms with E-state index >= 15 is 0 Å². The minimum atomic E-state index is -4.07. The second kappa shape index (κ2) is 3.64. The van der Waals surface area contributed by atoms with Gasteiger partial charge < -0.3 is 5.11 Å². The number of amides is 1. The van der Waals surface area contributed by atoms with Crippen molar-refractivity contribution in [1.82, 2.24) is 4.31 Å². The smallest absolute Gasteiger partial charge is 0.422 e. The van der Waals surface area contributed by atoms with E-state index in [0.29, 0.717) is 10.7 Å². The Hall–Kier alpha value is -0.820. The first-order valence-electron chi connectivity index (χ1n) is 4.56. The molecular formula is C8H15NO5S. The van der Waals surface area contributed by atoms with Gasteiger partial charge in [0.1, 0.15) is 0 Å². The van der Waals surface area contributed by atoms with Gasteiger partial charge in [0.25, 0.3) is 0 Å². The Bertz CT molecular complexity index is 356. The molecule has 1 saturated heterocycles. The van der Waals surface area contributed by atoms with Crippen molar-refractivity contribution in [2.45, 2.75) is 33.3 Å². The first-order chi connectivity index (χ1) is 6.62. The Balaban J connectivity index is 2.75. The average molecular weight is 237 g/mol. The maximum atomic E-state index is 11.2. The highest BCUT2D eigenvalue weighted by Crippen LogP contribution is 2.28. The molecule has 6 nitrogen and oxygen atoms in total. The lowest BCUT2D eigenvalue weighted by molar-refractivity contribution is 0.160. The number of rotatable bonds is 1. The molecule has 0 aromatic heterocycles. The number of hydrogen-bond acceptors (Lipinski definition) is 4. The van der Waals surface area contributed by atoms with Gasteiger partial charge in [-0.2, -0.15) is 12.7 Å². The van der Waals surface area contributed by atoms with Crippen LogP contribution in [-0.2, 0) is 14.5 Å². The second-order valence-electron chi connectivity index (χ2n) is 4.75. The third kappa shape index (κ3) is 3.07. The second-order valence-corrected chi connectivity index (χ2v) is 6.24. The summed E-state index contributed by atoms with van der Waals surface area (Å²) < 4.78 is 27.5. The summed E-state index contributed by atoms with van der Waals surface area (Å²) >= 11 is 0. The minimum absolute atomic E-state index is 0.102. The minimum Gasteiger partial charge on any atom is -0.464 e. The first-order valence-corrected chi connectivity index (χ1v) is 5.92. The van der Waals surface area contributed by atoms with Crippen molar-refractivity contribution in [1.29, 1.82) is 0 Å². The maximum absolute atomic E-state index is 11.2. The van der Waals surface area contributed by atoms with Crippen LogP contribution in [0.25, 0.3) is 0 Å². The Labute approximate surface area is 89.1 Å². The Morgan fingerprint density at radius 3 is 2.40 bits per heavy atom. The van der Waals surface area contributed by atoms with Crippen LogP contribution < -0.4 is 0 Å². The average Bonchev–Trinajstić information content (AvgIpc) is 2.20. The molecule has 0 aromatic rings. The van der Waals surface area contributed by atoms with Gasteiger partial charge in [-0.05, 0) is 11.8 Å². The van der Waals surface area contributed by atoms with E-state index in [0.717, 1.165) is 0 Å². The molecule has 0 spiro atoms. The Morgan fingerprint density at radius 1 is 1.53 bits per heavy atom. The van der Waals surface area contributed by atoms with Gasteiger partial charge in [-0.3, -0.25) is 0 Å². The van der Waals surface area contributed by atoms with E-state index in [1.165, 1.54) is 0 Å².